The third kappa shape index (κ3) is 10.1. The van der Waals surface area contributed by atoms with Crippen molar-refractivity contribution < 1.29 is 48.9 Å². The lowest BCUT2D eigenvalue weighted by Crippen LogP contribution is -2.45. The molecule has 53 heavy (non-hydrogen) atoms. The first-order chi connectivity index (χ1) is 27.2. The third-order valence-electron chi connectivity index (χ3n) is 8.80. The quantitative estimate of drug-likeness (QED) is 0.127. The molecule has 0 bridgehead atoms. The standard InChI is InChI=1S/C35H45ClF3N7O6S/c1-32(2,3)52-31(48)45-22-23(21-33(45,4)5)9-7-18-40-25-10-6-11-28(41-25)53(49,50)44-30(47)24-12-13-26(42-29(24)36)46-19-14-27(43-46)51-20-8-15-34(16-17-34)35(37,38)39/h6,10-14,19,23H,7-9,15-18,20-22H2,1-5H3,(H,40,41)(H,44,47)/t23-/m0/s1/i4D3,5D3. The van der Waals surface area contributed by atoms with Crippen LogP contribution in [-0.4, -0.2) is 82.1 Å². The number of carbonyl (C=O) groups excluding carboxylic acids is 2. The molecule has 3 aromatic rings. The molecule has 1 saturated carbocycles. The lowest BCUT2D eigenvalue weighted by Gasteiger charge is -2.33. The molecular formula is C35H45ClF3N7O6S. The summed E-state index contributed by atoms with van der Waals surface area (Å²) in [5, 5.41) is 6.28. The van der Waals surface area contributed by atoms with Gasteiger partial charge in [0.2, 0.25) is 5.88 Å². The topological polar surface area (TPSA) is 158 Å². The SMILES string of the molecule is [2H]C([2H])([2H])C1(C([2H])([2H])[2H])C[C@H](CCCNc2cccc(S(=O)(=O)NC(=O)c3ccc(-n4ccc(OCCCC5(C(F)(F)F)CC5)n4)nc3Cl)n2)CN1C(=O)OC(C)(C)C. The fourth-order valence-electron chi connectivity index (χ4n) is 5.89. The molecule has 4 heterocycles. The maximum Gasteiger partial charge on any atom is 0.410 e. The first kappa shape index (κ1) is 32.3. The van der Waals surface area contributed by atoms with Gasteiger partial charge in [0.1, 0.15) is 16.6 Å². The summed E-state index contributed by atoms with van der Waals surface area (Å²) in [5.41, 5.74) is -5.35. The van der Waals surface area contributed by atoms with E-state index in [0.717, 1.165) is 11.0 Å². The lowest BCUT2D eigenvalue weighted by atomic mass is 9.93. The van der Waals surface area contributed by atoms with Gasteiger partial charge in [-0.15, -0.1) is 5.10 Å². The van der Waals surface area contributed by atoms with Gasteiger partial charge in [0.15, 0.2) is 10.8 Å². The molecule has 2 fully saturated rings. The maximum absolute atomic E-state index is 13.2. The summed E-state index contributed by atoms with van der Waals surface area (Å²) in [7, 11) is -4.53. The average Bonchev–Trinajstić information content (AvgIpc) is 3.57. The number of hydrogen-bond acceptors (Lipinski definition) is 10. The molecule has 18 heteroatoms. The lowest BCUT2D eigenvalue weighted by molar-refractivity contribution is -0.189. The zero-order chi connectivity index (χ0) is 43.8. The number of likely N-dealkylation sites (tertiary alicyclic amines) is 1. The number of sulfonamides is 1. The minimum Gasteiger partial charge on any atom is -0.477 e. The van der Waals surface area contributed by atoms with Crippen molar-refractivity contribution in [1.29, 1.82) is 0 Å². The fraction of sp³-hybridized carbons (Fsp3) is 0.571. The number of alkyl halides is 3. The minimum atomic E-state index is -4.53. The van der Waals surface area contributed by atoms with E-state index >= 15 is 0 Å². The van der Waals surface area contributed by atoms with Gasteiger partial charge in [0, 0.05) is 39.1 Å². The third-order valence-corrected chi connectivity index (χ3v) is 10.3. The second kappa shape index (κ2) is 15.3. The fourth-order valence-corrected chi connectivity index (χ4v) is 7.06. The van der Waals surface area contributed by atoms with E-state index in [4.69, 9.17) is 29.3 Å². The van der Waals surface area contributed by atoms with E-state index in [2.05, 4.69) is 20.4 Å². The molecule has 0 spiro atoms. The van der Waals surface area contributed by atoms with Crippen LogP contribution in [0.25, 0.3) is 5.82 Å². The van der Waals surface area contributed by atoms with E-state index in [1.165, 1.54) is 41.2 Å². The molecule has 1 aliphatic carbocycles. The van der Waals surface area contributed by atoms with Crippen LogP contribution in [0.1, 0.15) is 98.0 Å². The van der Waals surface area contributed by atoms with Crippen LogP contribution in [0.15, 0.2) is 47.6 Å². The molecule has 0 unspecified atom stereocenters. The highest BCUT2D eigenvalue weighted by Crippen LogP contribution is 2.60. The van der Waals surface area contributed by atoms with E-state index in [0.29, 0.717) is 12.8 Å². The monoisotopic (exact) mass is 789 g/mol. The Kier molecular flexibility index (Phi) is 9.34. The van der Waals surface area contributed by atoms with Gasteiger partial charge in [-0.1, -0.05) is 17.7 Å². The first-order valence-corrected chi connectivity index (χ1v) is 18.8. The number of pyridine rings is 2. The molecule has 1 atom stereocenters. The summed E-state index contributed by atoms with van der Waals surface area (Å²) in [5.74, 6) is -1.21. The normalized spacial score (nSPS) is 20.2. The molecule has 5 rings (SSSR count). The Labute approximate surface area is 320 Å². The van der Waals surface area contributed by atoms with E-state index in [-0.39, 0.29) is 80.0 Å². The second-order valence-corrected chi connectivity index (χ2v) is 16.2. The van der Waals surface area contributed by atoms with Crippen molar-refractivity contribution in [2.24, 2.45) is 11.3 Å². The summed E-state index contributed by atoms with van der Waals surface area (Å²) in [6.07, 6.45) is -3.07. The summed E-state index contributed by atoms with van der Waals surface area (Å²) in [6, 6.07) is 8.09. The Morgan fingerprint density at radius 3 is 2.51 bits per heavy atom. The van der Waals surface area contributed by atoms with Crippen LogP contribution in [-0.2, 0) is 14.8 Å². The molecule has 2 N–H and O–H groups in total. The summed E-state index contributed by atoms with van der Waals surface area (Å²) >= 11 is 6.26. The molecule has 2 amide bonds. The van der Waals surface area contributed by atoms with Crippen molar-refractivity contribution in [2.75, 3.05) is 25.0 Å². The van der Waals surface area contributed by atoms with E-state index in [1.54, 1.807) is 20.8 Å². The number of anilines is 1. The van der Waals surface area contributed by atoms with Crippen LogP contribution in [0.4, 0.5) is 23.8 Å². The number of ether oxygens (including phenoxy) is 2. The zero-order valence-electron chi connectivity index (χ0n) is 35.3. The number of aromatic nitrogens is 4. The Hall–Kier alpha value is -4.12. The summed E-state index contributed by atoms with van der Waals surface area (Å²) < 4.78 is 129. The predicted molar refractivity (Wildman–Crippen MR) is 191 cm³/mol. The van der Waals surface area contributed by atoms with Crippen molar-refractivity contribution in [3.05, 3.63) is 53.3 Å². The Morgan fingerprint density at radius 1 is 1.09 bits per heavy atom. The number of carbonyl (C=O) groups is 2. The highest BCUT2D eigenvalue weighted by molar-refractivity contribution is 7.90. The smallest absolute Gasteiger partial charge is 0.410 e. The predicted octanol–water partition coefficient (Wildman–Crippen LogP) is 7.16. The van der Waals surface area contributed by atoms with Crippen molar-refractivity contribution >= 4 is 39.4 Å². The van der Waals surface area contributed by atoms with Gasteiger partial charge in [-0.3, -0.25) is 4.79 Å². The van der Waals surface area contributed by atoms with Crippen LogP contribution >= 0.6 is 11.6 Å². The van der Waals surface area contributed by atoms with Gasteiger partial charge in [0.05, 0.1) is 17.6 Å². The van der Waals surface area contributed by atoms with Crippen molar-refractivity contribution in [3.63, 3.8) is 0 Å². The van der Waals surface area contributed by atoms with Crippen LogP contribution in [0, 0.1) is 11.3 Å². The molecule has 0 radical (unpaired) electrons. The van der Waals surface area contributed by atoms with Crippen molar-refractivity contribution in [3.8, 4) is 11.7 Å². The Morgan fingerprint density at radius 2 is 1.85 bits per heavy atom. The molecule has 1 saturated heterocycles. The number of hydrogen-bond donors (Lipinski definition) is 2. The number of amides is 2. The Balaban J connectivity index is 1.15. The summed E-state index contributed by atoms with van der Waals surface area (Å²) in [6.45, 7) is -1.25. The molecule has 1 aliphatic heterocycles. The molecule has 290 valence electrons. The van der Waals surface area contributed by atoms with Crippen LogP contribution < -0.4 is 14.8 Å². The largest absolute Gasteiger partial charge is 0.477 e. The first-order valence-electron chi connectivity index (χ1n) is 19.9. The van der Waals surface area contributed by atoms with Gasteiger partial charge < -0.3 is 19.7 Å². The molecule has 0 aromatic carbocycles. The molecular weight excluding hydrogens is 739 g/mol. The van der Waals surface area contributed by atoms with Gasteiger partial charge in [-0.05, 0) is 110 Å². The van der Waals surface area contributed by atoms with E-state index in [9.17, 15) is 31.2 Å². The number of rotatable bonds is 14. The number of nitrogens with one attached hydrogen (secondary N) is 2. The van der Waals surface area contributed by atoms with Crippen molar-refractivity contribution in [2.45, 2.75) is 102 Å². The minimum absolute atomic E-state index is 0.0231. The highest BCUT2D eigenvalue weighted by Gasteiger charge is 2.62. The second-order valence-electron chi connectivity index (χ2n) is 14.2. The molecule has 13 nitrogen and oxygen atoms in total. The van der Waals surface area contributed by atoms with Crippen LogP contribution in [0.3, 0.4) is 0 Å². The average molecular weight is 790 g/mol. The maximum atomic E-state index is 13.2. The highest BCUT2D eigenvalue weighted by atomic mass is 35.5. The van der Waals surface area contributed by atoms with Crippen molar-refractivity contribution in [1.82, 2.24) is 29.4 Å². The number of nitrogens with zero attached hydrogens (tertiary/aromatic N) is 5. The van der Waals surface area contributed by atoms with Gasteiger partial charge in [-0.2, -0.15) is 21.6 Å². The van der Waals surface area contributed by atoms with E-state index < -0.39 is 69.4 Å². The molecule has 3 aromatic heterocycles. The Bertz CT molecular complexity index is 2110. The van der Waals surface area contributed by atoms with Crippen LogP contribution in [0.5, 0.6) is 5.88 Å². The summed E-state index contributed by atoms with van der Waals surface area (Å²) in [4.78, 5) is 35.2. The van der Waals surface area contributed by atoms with E-state index in [1.807, 2.05) is 4.72 Å². The molecule has 2 aliphatic rings. The zero-order valence-corrected chi connectivity index (χ0v) is 30.9. The van der Waals surface area contributed by atoms with Gasteiger partial charge in [0.25, 0.3) is 15.9 Å². The van der Waals surface area contributed by atoms with Gasteiger partial charge >= 0.3 is 12.3 Å². The van der Waals surface area contributed by atoms with Gasteiger partial charge in [-0.25, -0.2) is 24.2 Å². The van der Waals surface area contributed by atoms with Crippen LogP contribution in [0.2, 0.25) is 5.15 Å². The number of halogens is 4.